The number of ether oxygens (including phenoxy) is 2. The zero-order valence-electron chi connectivity index (χ0n) is 29.6. The topological polar surface area (TPSA) is 172 Å². The maximum Gasteiger partial charge on any atom is 0.472 e. The van der Waals surface area contributed by atoms with Gasteiger partial charge >= 0.3 is 25.7 Å². The molecule has 0 saturated heterocycles. The highest BCUT2D eigenvalue weighted by molar-refractivity contribution is 7.47. The Balaban J connectivity index is 4.22. The lowest BCUT2D eigenvalue weighted by molar-refractivity contribution is -0.161. The van der Waals surface area contributed by atoms with Crippen molar-refractivity contribution in [2.45, 2.75) is 187 Å². The molecule has 12 heteroatoms. The Kier molecular flexibility index (Phi) is 30.7. The number of hydrogen-bond acceptors (Lipinski definition) is 9. The molecule has 0 aliphatic heterocycles. The van der Waals surface area contributed by atoms with E-state index in [2.05, 4.69) is 18.4 Å². The molecule has 3 unspecified atom stereocenters. The number of carbonyl (C=O) groups is 3. The van der Waals surface area contributed by atoms with Crippen LogP contribution < -0.4 is 5.73 Å². The van der Waals surface area contributed by atoms with E-state index in [0.29, 0.717) is 12.8 Å². The lowest BCUT2D eigenvalue weighted by atomic mass is 10.0. The molecule has 0 amide bonds. The van der Waals surface area contributed by atoms with Crippen LogP contribution in [0.1, 0.15) is 174 Å². The minimum atomic E-state index is -4.69. The van der Waals surface area contributed by atoms with Crippen molar-refractivity contribution in [1.29, 1.82) is 0 Å². The van der Waals surface area contributed by atoms with Crippen LogP contribution in [-0.2, 0) is 37.5 Å². The van der Waals surface area contributed by atoms with E-state index in [9.17, 15) is 23.8 Å². The quantitative estimate of drug-likeness (QED) is 0.0329. The summed E-state index contributed by atoms with van der Waals surface area (Å²) in [6.07, 6.45) is 26.6. The van der Waals surface area contributed by atoms with Gasteiger partial charge in [-0.2, -0.15) is 0 Å². The van der Waals surface area contributed by atoms with E-state index < -0.39 is 51.1 Å². The number of carboxylic acid groups (broad SMARTS) is 1. The summed E-state index contributed by atoms with van der Waals surface area (Å²) in [5.41, 5.74) is 5.29. The number of nitrogens with two attached hydrogens (primary N) is 1. The van der Waals surface area contributed by atoms with E-state index in [4.69, 9.17) is 24.8 Å². The average Bonchev–Trinajstić information content (AvgIpc) is 3.04. The molecule has 3 atom stereocenters. The van der Waals surface area contributed by atoms with E-state index in [1.807, 2.05) is 0 Å². The SMILES string of the molecule is CCCCCCCCCCCCCCCCCCCCC(=O)OC(COC(=O)CCCCCCC)COP(=O)(O)OCC(N)C(=O)O. The number of unbranched alkanes of at least 4 members (excludes halogenated alkanes) is 21. The van der Waals surface area contributed by atoms with Gasteiger partial charge in [0.05, 0.1) is 13.2 Å². The zero-order valence-corrected chi connectivity index (χ0v) is 30.5. The molecule has 0 rings (SSSR count). The van der Waals surface area contributed by atoms with Crippen LogP contribution in [0, 0.1) is 0 Å². The summed E-state index contributed by atoms with van der Waals surface area (Å²) >= 11 is 0. The van der Waals surface area contributed by atoms with Crippen LogP contribution in [-0.4, -0.2) is 59.9 Å². The van der Waals surface area contributed by atoms with Gasteiger partial charge in [0.2, 0.25) is 0 Å². The normalized spacial score (nSPS) is 14.0. The number of phosphoric acid groups is 1. The van der Waals surface area contributed by atoms with Crippen molar-refractivity contribution in [3.05, 3.63) is 0 Å². The van der Waals surface area contributed by atoms with E-state index in [1.165, 1.54) is 89.9 Å². The number of hydrogen-bond donors (Lipinski definition) is 3. The second-order valence-electron chi connectivity index (χ2n) is 12.7. The molecule has 11 nitrogen and oxygen atoms in total. The summed E-state index contributed by atoms with van der Waals surface area (Å²) in [7, 11) is -4.69. The van der Waals surface area contributed by atoms with Crippen LogP contribution in [0.2, 0.25) is 0 Å². The number of carboxylic acids is 1. The average molecular weight is 694 g/mol. The molecule has 4 N–H and O–H groups in total. The number of phosphoric ester groups is 1. The largest absolute Gasteiger partial charge is 0.480 e. The third-order valence-electron chi connectivity index (χ3n) is 8.11. The van der Waals surface area contributed by atoms with Gasteiger partial charge in [-0.3, -0.25) is 23.4 Å². The molecule has 0 aromatic heterocycles. The molecular weight excluding hydrogens is 625 g/mol. The van der Waals surface area contributed by atoms with Crippen molar-refractivity contribution in [2.75, 3.05) is 19.8 Å². The fourth-order valence-corrected chi connectivity index (χ4v) is 5.90. The van der Waals surface area contributed by atoms with Crippen molar-refractivity contribution in [3.8, 4) is 0 Å². The van der Waals surface area contributed by atoms with Crippen LogP contribution >= 0.6 is 7.82 Å². The molecule has 0 heterocycles. The maximum absolute atomic E-state index is 12.5. The molecule has 0 bridgehead atoms. The first-order valence-corrected chi connectivity index (χ1v) is 20.1. The molecule has 0 aromatic rings. The van der Waals surface area contributed by atoms with Gasteiger partial charge in [0.1, 0.15) is 12.6 Å². The van der Waals surface area contributed by atoms with Gasteiger partial charge in [0.25, 0.3) is 0 Å². The van der Waals surface area contributed by atoms with Gasteiger partial charge in [-0.15, -0.1) is 0 Å². The molecule has 0 aliphatic rings. The van der Waals surface area contributed by atoms with Gasteiger partial charge < -0.3 is 25.2 Å². The lowest BCUT2D eigenvalue weighted by Crippen LogP contribution is -2.34. The summed E-state index contributed by atoms with van der Waals surface area (Å²) in [5, 5.41) is 8.82. The Morgan fingerprint density at radius 2 is 0.936 bits per heavy atom. The standard InChI is InChI=1S/C35H68NO10P/c1-3-5-7-9-10-11-12-13-14-15-16-17-18-19-20-21-23-25-27-34(38)46-31(28-43-33(37)26-24-22-8-6-4-2)29-44-47(41,42)45-30-32(36)35(39)40/h31-32H,3-30,36H2,1-2H3,(H,39,40)(H,41,42). The van der Waals surface area contributed by atoms with Crippen LogP contribution in [0.3, 0.4) is 0 Å². The van der Waals surface area contributed by atoms with E-state index >= 15 is 0 Å². The van der Waals surface area contributed by atoms with Crippen molar-refractivity contribution >= 4 is 25.7 Å². The summed E-state index contributed by atoms with van der Waals surface area (Å²) in [6, 6.07) is -1.51. The predicted molar refractivity (Wildman–Crippen MR) is 185 cm³/mol. The highest BCUT2D eigenvalue weighted by atomic mass is 31.2. The Labute approximate surface area is 285 Å². The molecular formula is C35H68NO10P. The summed E-state index contributed by atoms with van der Waals surface area (Å²) in [4.78, 5) is 45.4. The first-order chi connectivity index (χ1) is 22.6. The van der Waals surface area contributed by atoms with Crippen LogP contribution in [0.15, 0.2) is 0 Å². The summed E-state index contributed by atoms with van der Waals surface area (Å²) in [5.74, 6) is -2.38. The molecule has 278 valence electrons. The van der Waals surface area contributed by atoms with Crippen molar-refractivity contribution in [3.63, 3.8) is 0 Å². The molecule has 0 aliphatic carbocycles. The monoisotopic (exact) mass is 693 g/mol. The van der Waals surface area contributed by atoms with Gasteiger partial charge in [0, 0.05) is 12.8 Å². The minimum Gasteiger partial charge on any atom is -0.480 e. The van der Waals surface area contributed by atoms with E-state index in [1.54, 1.807) is 0 Å². The van der Waals surface area contributed by atoms with Crippen LogP contribution in [0.4, 0.5) is 0 Å². The summed E-state index contributed by atoms with van der Waals surface area (Å²) < 4.78 is 32.3. The van der Waals surface area contributed by atoms with Crippen molar-refractivity contribution < 1.29 is 47.5 Å². The first-order valence-electron chi connectivity index (χ1n) is 18.6. The molecule has 47 heavy (non-hydrogen) atoms. The van der Waals surface area contributed by atoms with Crippen molar-refractivity contribution in [2.24, 2.45) is 5.73 Å². The Morgan fingerprint density at radius 1 is 0.574 bits per heavy atom. The fourth-order valence-electron chi connectivity index (χ4n) is 5.12. The third-order valence-corrected chi connectivity index (χ3v) is 9.06. The molecule has 0 spiro atoms. The highest BCUT2D eigenvalue weighted by Crippen LogP contribution is 2.43. The third kappa shape index (κ3) is 31.5. The molecule has 0 saturated carbocycles. The van der Waals surface area contributed by atoms with Gasteiger partial charge in [0.15, 0.2) is 6.10 Å². The van der Waals surface area contributed by atoms with E-state index in [-0.39, 0.29) is 19.4 Å². The number of carbonyl (C=O) groups excluding carboxylic acids is 2. The molecule has 0 radical (unpaired) electrons. The van der Waals surface area contributed by atoms with Crippen LogP contribution in [0.5, 0.6) is 0 Å². The number of rotatable bonds is 35. The second kappa shape index (κ2) is 31.7. The Bertz CT molecular complexity index is 828. The smallest absolute Gasteiger partial charge is 0.472 e. The molecule has 0 fully saturated rings. The van der Waals surface area contributed by atoms with Gasteiger partial charge in [-0.1, -0.05) is 149 Å². The van der Waals surface area contributed by atoms with Gasteiger partial charge in [-0.25, -0.2) is 4.57 Å². The van der Waals surface area contributed by atoms with Crippen LogP contribution in [0.25, 0.3) is 0 Å². The molecule has 0 aromatic carbocycles. The maximum atomic E-state index is 12.5. The first kappa shape index (κ1) is 45.5. The summed E-state index contributed by atoms with van der Waals surface area (Å²) in [6.45, 7) is 2.70. The Hall–Kier alpha value is -1.52. The lowest BCUT2D eigenvalue weighted by Gasteiger charge is -2.20. The number of esters is 2. The van der Waals surface area contributed by atoms with Crippen molar-refractivity contribution in [1.82, 2.24) is 0 Å². The van der Waals surface area contributed by atoms with Gasteiger partial charge in [-0.05, 0) is 12.8 Å². The number of aliphatic carboxylic acids is 1. The predicted octanol–water partition coefficient (Wildman–Crippen LogP) is 8.78. The Morgan fingerprint density at radius 3 is 1.34 bits per heavy atom. The fraction of sp³-hybridized carbons (Fsp3) is 0.914. The van der Waals surface area contributed by atoms with E-state index in [0.717, 1.165) is 44.9 Å². The highest BCUT2D eigenvalue weighted by Gasteiger charge is 2.28. The minimum absolute atomic E-state index is 0.168. The second-order valence-corrected chi connectivity index (χ2v) is 14.2. The zero-order chi connectivity index (χ0) is 35.0.